The van der Waals surface area contributed by atoms with Crippen LogP contribution >= 0.6 is 22.6 Å². The first-order valence-electron chi connectivity index (χ1n) is 6.55. The Hall–Kier alpha value is -1.77. The number of halogens is 1. The fourth-order valence-electron chi connectivity index (χ4n) is 2.03. The summed E-state index contributed by atoms with van der Waals surface area (Å²) in [6.45, 7) is 2.19. The molecular weight excluding hydrogens is 399 g/mol. The van der Waals surface area contributed by atoms with Gasteiger partial charge in [-0.25, -0.2) is 0 Å². The molecule has 0 bridgehead atoms. The molecule has 1 heterocycles. The number of hydrogen-bond acceptors (Lipinski definition) is 5. The molecule has 6 nitrogen and oxygen atoms in total. The Morgan fingerprint density at radius 2 is 1.91 bits per heavy atom. The Morgan fingerprint density at radius 1 is 1.27 bits per heavy atom. The summed E-state index contributed by atoms with van der Waals surface area (Å²) in [5.74, 6) is 1.72. The number of hydrogen-bond donors (Lipinski definition) is 0. The summed E-state index contributed by atoms with van der Waals surface area (Å²) in [6.07, 6.45) is 0. The topological polar surface area (TPSA) is 64.8 Å². The minimum Gasteiger partial charge on any atom is -0.493 e. The molecule has 118 valence electrons. The highest BCUT2D eigenvalue weighted by atomic mass is 127. The number of benzene rings is 1. The average molecular weight is 416 g/mol. The van der Waals surface area contributed by atoms with Gasteiger partial charge in [0, 0.05) is 16.7 Å². The van der Waals surface area contributed by atoms with Crippen LogP contribution in [0.15, 0.2) is 22.7 Å². The molecule has 7 heteroatoms. The average Bonchev–Trinajstić information content (AvgIpc) is 2.91. The normalized spacial score (nSPS) is 10.4. The fraction of sp³-hybridized carbons (Fsp3) is 0.333. The number of nitrogens with zero attached hydrogens (tertiary/aromatic N) is 2. The zero-order valence-electron chi connectivity index (χ0n) is 12.8. The minimum atomic E-state index is -0.119. The van der Waals surface area contributed by atoms with E-state index in [9.17, 15) is 4.79 Å². The van der Waals surface area contributed by atoms with Gasteiger partial charge >= 0.3 is 0 Å². The molecular formula is C15H17IN2O4. The molecule has 22 heavy (non-hydrogen) atoms. The Labute approximate surface area is 142 Å². The second-order valence-electron chi connectivity index (χ2n) is 4.78. The number of rotatable bonds is 5. The summed E-state index contributed by atoms with van der Waals surface area (Å²) < 4.78 is 16.3. The van der Waals surface area contributed by atoms with E-state index in [1.54, 1.807) is 38.3 Å². The van der Waals surface area contributed by atoms with Crippen LogP contribution in [0.3, 0.4) is 0 Å². The zero-order valence-corrected chi connectivity index (χ0v) is 15.0. The zero-order chi connectivity index (χ0) is 16.3. The van der Waals surface area contributed by atoms with Gasteiger partial charge in [-0.2, -0.15) is 0 Å². The highest BCUT2D eigenvalue weighted by molar-refractivity contribution is 14.1. The SMILES string of the molecule is COc1cc(I)c(C(=O)N(C)Cc2cc(C)on2)cc1OC. The van der Waals surface area contributed by atoms with E-state index >= 15 is 0 Å². The van der Waals surface area contributed by atoms with Crippen LogP contribution in [0.25, 0.3) is 0 Å². The van der Waals surface area contributed by atoms with Gasteiger partial charge in [0.15, 0.2) is 11.5 Å². The predicted molar refractivity (Wildman–Crippen MR) is 89.3 cm³/mol. The van der Waals surface area contributed by atoms with E-state index in [1.165, 1.54) is 0 Å². The molecule has 0 atom stereocenters. The van der Waals surface area contributed by atoms with E-state index in [0.29, 0.717) is 29.3 Å². The largest absolute Gasteiger partial charge is 0.493 e. The van der Waals surface area contributed by atoms with E-state index in [2.05, 4.69) is 27.7 Å². The number of aromatic nitrogens is 1. The third-order valence-corrected chi connectivity index (χ3v) is 4.02. The lowest BCUT2D eigenvalue weighted by Crippen LogP contribution is -2.27. The third-order valence-electron chi connectivity index (χ3n) is 3.13. The van der Waals surface area contributed by atoms with Gasteiger partial charge in [0.2, 0.25) is 0 Å². The summed E-state index contributed by atoms with van der Waals surface area (Å²) in [5, 5.41) is 3.90. The van der Waals surface area contributed by atoms with Crippen molar-refractivity contribution in [2.45, 2.75) is 13.5 Å². The van der Waals surface area contributed by atoms with E-state index < -0.39 is 0 Å². The van der Waals surface area contributed by atoms with Crippen molar-refractivity contribution in [3.8, 4) is 11.5 Å². The molecule has 2 aromatic rings. The Bertz CT molecular complexity index is 684. The van der Waals surface area contributed by atoms with Crippen LogP contribution in [0.4, 0.5) is 0 Å². The maximum Gasteiger partial charge on any atom is 0.255 e. The molecule has 1 aromatic carbocycles. The Balaban J connectivity index is 2.24. The molecule has 0 unspecified atom stereocenters. The van der Waals surface area contributed by atoms with Crippen LogP contribution in [-0.2, 0) is 6.54 Å². The second-order valence-corrected chi connectivity index (χ2v) is 5.94. The molecule has 0 saturated carbocycles. The molecule has 2 rings (SSSR count). The maximum atomic E-state index is 12.6. The lowest BCUT2D eigenvalue weighted by atomic mass is 10.1. The molecule has 0 aliphatic heterocycles. The highest BCUT2D eigenvalue weighted by Crippen LogP contribution is 2.31. The van der Waals surface area contributed by atoms with Crippen LogP contribution in [0, 0.1) is 10.5 Å². The molecule has 1 amide bonds. The molecule has 0 aliphatic carbocycles. The quantitative estimate of drug-likeness (QED) is 0.702. The van der Waals surface area contributed by atoms with Crippen molar-refractivity contribution in [3.63, 3.8) is 0 Å². The third kappa shape index (κ3) is 3.52. The van der Waals surface area contributed by atoms with E-state index in [4.69, 9.17) is 14.0 Å². The number of carbonyl (C=O) groups excluding carboxylic acids is 1. The summed E-state index contributed by atoms with van der Waals surface area (Å²) in [7, 11) is 4.83. The van der Waals surface area contributed by atoms with Gasteiger partial charge in [-0.3, -0.25) is 4.79 Å². The molecule has 0 N–H and O–H groups in total. The summed E-state index contributed by atoms with van der Waals surface area (Å²) in [4.78, 5) is 14.2. The van der Waals surface area contributed by atoms with E-state index in [1.807, 2.05) is 13.0 Å². The highest BCUT2D eigenvalue weighted by Gasteiger charge is 2.19. The van der Waals surface area contributed by atoms with Gasteiger partial charge < -0.3 is 18.9 Å². The molecule has 0 radical (unpaired) electrons. The summed E-state index contributed by atoms with van der Waals surface area (Å²) >= 11 is 2.11. The smallest absolute Gasteiger partial charge is 0.255 e. The van der Waals surface area contributed by atoms with Crippen LogP contribution in [0.1, 0.15) is 21.8 Å². The number of amides is 1. The van der Waals surface area contributed by atoms with Gasteiger partial charge in [0.25, 0.3) is 5.91 Å². The van der Waals surface area contributed by atoms with Crippen molar-refractivity contribution in [2.75, 3.05) is 21.3 Å². The molecule has 1 aromatic heterocycles. The maximum absolute atomic E-state index is 12.6. The minimum absolute atomic E-state index is 0.119. The number of methoxy groups -OCH3 is 2. The first kappa shape index (κ1) is 16.6. The van der Waals surface area contributed by atoms with Crippen molar-refractivity contribution in [1.82, 2.24) is 10.1 Å². The number of carbonyl (C=O) groups is 1. The fourth-order valence-corrected chi connectivity index (χ4v) is 2.70. The molecule has 0 aliphatic rings. The summed E-state index contributed by atoms with van der Waals surface area (Å²) in [5.41, 5.74) is 1.27. The molecule has 0 fully saturated rings. The van der Waals surface area contributed by atoms with E-state index in [-0.39, 0.29) is 5.91 Å². The van der Waals surface area contributed by atoms with Crippen molar-refractivity contribution in [1.29, 1.82) is 0 Å². The number of ether oxygens (including phenoxy) is 2. The first-order chi connectivity index (χ1) is 10.5. The van der Waals surface area contributed by atoms with Gasteiger partial charge in [-0.15, -0.1) is 0 Å². The van der Waals surface area contributed by atoms with E-state index in [0.717, 1.165) is 9.33 Å². The van der Waals surface area contributed by atoms with Gasteiger partial charge in [0.05, 0.1) is 26.3 Å². The molecule has 0 spiro atoms. The van der Waals surface area contributed by atoms with Crippen molar-refractivity contribution in [3.05, 3.63) is 38.8 Å². The Morgan fingerprint density at radius 3 is 2.45 bits per heavy atom. The first-order valence-corrected chi connectivity index (χ1v) is 7.63. The van der Waals surface area contributed by atoms with Gasteiger partial charge in [0.1, 0.15) is 11.5 Å². The van der Waals surface area contributed by atoms with Gasteiger partial charge in [-0.1, -0.05) is 5.16 Å². The predicted octanol–water partition coefficient (Wildman–Crippen LogP) is 2.88. The van der Waals surface area contributed by atoms with Gasteiger partial charge in [-0.05, 0) is 41.6 Å². The van der Waals surface area contributed by atoms with Crippen LogP contribution in [-0.4, -0.2) is 37.2 Å². The molecule has 0 saturated heterocycles. The van der Waals surface area contributed by atoms with Crippen LogP contribution in [0.2, 0.25) is 0 Å². The Kier molecular flexibility index (Phi) is 5.28. The monoisotopic (exact) mass is 416 g/mol. The lowest BCUT2D eigenvalue weighted by molar-refractivity contribution is 0.0780. The number of aryl methyl sites for hydroxylation is 1. The lowest BCUT2D eigenvalue weighted by Gasteiger charge is -2.18. The second kappa shape index (κ2) is 6.99. The van der Waals surface area contributed by atoms with Crippen molar-refractivity contribution >= 4 is 28.5 Å². The standard InChI is InChI=1S/C15H17IN2O4/c1-9-5-10(17-22-9)8-18(2)15(19)11-6-13(20-3)14(21-4)7-12(11)16/h5-7H,8H2,1-4H3. The van der Waals surface area contributed by atoms with Crippen molar-refractivity contribution in [2.24, 2.45) is 0 Å². The van der Waals surface area contributed by atoms with Crippen LogP contribution in [0.5, 0.6) is 11.5 Å². The van der Waals surface area contributed by atoms with Crippen LogP contribution < -0.4 is 9.47 Å². The van der Waals surface area contributed by atoms with Crippen molar-refractivity contribution < 1.29 is 18.8 Å². The summed E-state index contributed by atoms with van der Waals surface area (Å²) in [6, 6.07) is 5.28.